The smallest absolute Gasteiger partial charge is 0.165 e. The van der Waals surface area contributed by atoms with Gasteiger partial charge in [0.15, 0.2) is 11.6 Å². The number of ether oxygens (including phenoxy) is 1. The van der Waals surface area contributed by atoms with Gasteiger partial charge < -0.3 is 9.84 Å². The van der Waals surface area contributed by atoms with Crippen LogP contribution < -0.4 is 4.74 Å². The van der Waals surface area contributed by atoms with Gasteiger partial charge in [0.25, 0.3) is 0 Å². The molecule has 0 aliphatic rings. The number of aliphatic hydroxyl groups is 1. The van der Waals surface area contributed by atoms with Gasteiger partial charge in [0, 0.05) is 17.8 Å². The van der Waals surface area contributed by atoms with Crippen LogP contribution in [0.1, 0.15) is 31.1 Å². The maximum absolute atomic E-state index is 13.6. The van der Waals surface area contributed by atoms with Gasteiger partial charge in [0.1, 0.15) is 6.61 Å². The quantitative estimate of drug-likeness (QED) is 0.903. The monoisotopic (exact) mass is 264 g/mol. The molecule has 4 nitrogen and oxygen atoms in total. The number of para-hydroxylation sites is 1. The summed E-state index contributed by atoms with van der Waals surface area (Å²) in [6, 6.07) is 6.59. The Bertz CT molecular complexity index is 552. The number of hydrogen-bond donors (Lipinski definition) is 1. The highest BCUT2D eigenvalue weighted by molar-refractivity contribution is 5.34. The molecule has 0 spiro atoms. The van der Waals surface area contributed by atoms with E-state index in [-0.39, 0.29) is 25.0 Å². The molecule has 1 aromatic carbocycles. The van der Waals surface area contributed by atoms with Gasteiger partial charge in [-0.3, -0.25) is 4.68 Å². The number of benzene rings is 1. The lowest BCUT2D eigenvalue weighted by Crippen LogP contribution is -2.05. The Balaban J connectivity index is 2.09. The van der Waals surface area contributed by atoms with Crippen molar-refractivity contribution in [2.24, 2.45) is 0 Å². The molecule has 19 heavy (non-hydrogen) atoms. The second-order valence-electron chi connectivity index (χ2n) is 4.56. The van der Waals surface area contributed by atoms with Crippen LogP contribution in [0.3, 0.4) is 0 Å². The lowest BCUT2D eigenvalue weighted by atomic mass is 10.2. The van der Waals surface area contributed by atoms with Crippen molar-refractivity contribution in [3.05, 3.63) is 47.5 Å². The van der Waals surface area contributed by atoms with Gasteiger partial charge in [-0.25, -0.2) is 4.39 Å². The normalized spacial score (nSPS) is 11.0. The number of hydrogen-bond acceptors (Lipinski definition) is 3. The average molecular weight is 264 g/mol. The molecule has 0 unspecified atom stereocenters. The van der Waals surface area contributed by atoms with E-state index in [1.807, 2.05) is 30.8 Å². The molecule has 0 amide bonds. The predicted octanol–water partition coefficient (Wildman–Crippen LogP) is 2.67. The topological polar surface area (TPSA) is 47.3 Å². The second-order valence-corrected chi connectivity index (χ2v) is 4.56. The molecular weight excluding hydrogens is 247 g/mol. The first-order valence-electron chi connectivity index (χ1n) is 6.17. The summed E-state index contributed by atoms with van der Waals surface area (Å²) in [6.45, 7) is 3.97. The highest BCUT2D eigenvalue weighted by Crippen LogP contribution is 2.23. The Labute approximate surface area is 111 Å². The molecule has 5 heteroatoms. The molecule has 102 valence electrons. The SMILES string of the molecule is CC(C)n1ccc(COc2c(F)cccc2CO)n1. The van der Waals surface area contributed by atoms with Crippen LogP contribution >= 0.6 is 0 Å². The second kappa shape index (κ2) is 5.84. The predicted molar refractivity (Wildman–Crippen MR) is 69.3 cm³/mol. The van der Waals surface area contributed by atoms with Gasteiger partial charge in [0.05, 0.1) is 12.3 Å². The molecule has 0 atom stereocenters. The minimum absolute atomic E-state index is 0.0871. The third kappa shape index (κ3) is 3.12. The largest absolute Gasteiger partial charge is 0.484 e. The third-order valence-electron chi connectivity index (χ3n) is 2.78. The summed E-state index contributed by atoms with van der Waals surface area (Å²) in [6.07, 6.45) is 1.86. The van der Waals surface area contributed by atoms with Crippen molar-refractivity contribution in [1.29, 1.82) is 0 Å². The molecule has 0 bridgehead atoms. The molecule has 2 rings (SSSR count). The standard InChI is InChI=1S/C14H17FN2O2/c1-10(2)17-7-6-12(16-17)9-19-14-11(8-18)4-3-5-13(14)15/h3-7,10,18H,8-9H2,1-2H3. The number of nitrogens with zero attached hydrogens (tertiary/aromatic N) is 2. The fourth-order valence-electron chi connectivity index (χ4n) is 1.73. The summed E-state index contributed by atoms with van der Waals surface area (Å²) in [5.74, 6) is -0.390. The Kier molecular flexibility index (Phi) is 4.16. The van der Waals surface area contributed by atoms with Crippen LogP contribution in [0.25, 0.3) is 0 Å². The highest BCUT2D eigenvalue weighted by atomic mass is 19.1. The molecule has 0 fully saturated rings. The minimum atomic E-state index is -0.477. The van der Waals surface area contributed by atoms with Crippen LogP contribution in [0, 0.1) is 5.82 Å². The summed E-state index contributed by atoms with van der Waals surface area (Å²) >= 11 is 0. The van der Waals surface area contributed by atoms with E-state index in [1.165, 1.54) is 6.07 Å². The van der Waals surface area contributed by atoms with Crippen molar-refractivity contribution in [3.63, 3.8) is 0 Å². The Morgan fingerprint density at radius 2 is 2.16 bits per heavy atom. The van der Waals surface area contributed by atoms with Crippen molar-refractivity contribution in [2.75, 3.05) is 0 Å². The fraction of sp³-hybridized carbons (Fsp3) is 0.357. The Morgan fingerprint density at radius 1 is 1.37 bits per heavy atom. The maximum Gasteiger partial charge on any atom is 0.165 e. The zero-order valence-corrected chi connectivity index (χ0v) is 11.0. The number of aliphatic hydroxyl groups excluding tert-OH is 1. The first-order chi connectivity index (χ1) is 9.11. The summed E-state index contributed by atoms with van der Waals surface area (Å²) in [7, 11) is 0. The Morgan fingerprint density at radius 3 is 2.79 bits per heavy atom. The van der Waals surface area contributed by atoms with Crippen LogP contribution in [0.4, 0.5) is 4.39 Å². The molecule has 0 radical (unpaired) electrons. The molecule has 1 N–H and O–H groups in total. The molecule has 2 aromatic rings. The van der Waals surface area contributed by atoms with Gasteiger partial charge in [-0.1, -0.05) is 12.1 Å². The van der Waals surface area contributed by atoms with Gasteiger partial charge in [-0.2, -0.15) is 5.10 Å². The summed E-state index contributed by atoms with van der Waals surface area (Å²) < 4.78 is 20.9. The number of halogens is 1. The van der Waals surface area contributed by atoms with E-state index in [0.29, 0.717) is 5.56 Å². The van der Waals surface area contributed by atoms with Gasteiger partial charge in [0.2, 0.25) is 0 Å². The molecular formula is C14H17FN2O2. The van der Waals surface area contributed by atoms with Crippen LogP contribution in [-0.4, -0.2) is 14.9 Å². The fourth-order valence-corrected chi connectivity index (χ4v) is 1.73. The maximum atomic E-state index is 13.6. The number of rotatable bonds is 5. The minimum Gasteiger partial charge on any atom is -0.484 e. The first kappa shape index (κ1) is 13.5. The van der Waals surface area contributed by atoms with E-state index in [9.17, 15) is 4.39 Å². The third-order valence-corrected chi connectivity index (χ3v) is 2.78. The van der Waals surface area contributed by atoms with E-state index >= 15 is 0 Å². The van der Waals surface area contributed by atoms with Crippen LogP contribution in [0.2, 0.25) is 0 Å². The zero-order valence-electron chi connectivity index (χ0n) is 11.0. The van der Waals surface area contributed by atoms with E-state index in [4.69, 9.17) is 9.84 Å². The summed E-state index contributed by atoms with van der Waals surface area (Å²) in [5.41, 5.74) is 1.16. The van der Waals surface area contributed by atoms with Crippen molar-refractivity contribution >= 4 is 0 Å². The summed E-state index contributed by atoms with van der Waals surface area (Å²) in [4.78, 5) is 0. The average Bonchev–Trinajstić information content (AvgIpc) is 2.86. The molecule has 0 saturated heterocycles. The lowest BCUT2D eigenvalue weighted by Gasteiger charge is -2.10. The number of aromatic nitrogens is 2. The first-order valence-corrected chi connectivity index (χ1v) is 6.17. The zero-order chi connectivity index (χ0) is 13.8. The molecule has 1 heterocycles. The molecule has 1 aromatic heterocycles. The summed E-state index contributed by atoms with van der Waals surface area (Å²) in [5, 5.41) is 13.5. The van der Waals surface area contributed by atoms with Crippen LogP contribution in [-0.2, 0) is 13.2 Å². The lowest BCUT2D eigenvalue weighted by molar-refractivity contribution is 0.249. The van der Waals surface area contributed by atoms with Crippen LogP contribution in [0.15, 0.2) is 30.5 Å². The highest BCUT2D eigenvalue weighted by Gasteiger charge is 2.10. The van der Waals surface area contributed by atoms with Gasteiger partial charge >= 0.3 is 0 Å². The van der Waals surface area contributed by atoms with Gasteiger partial charge in [-0.05, 0) is 26.0 Å². The van der Waals surface area contributed by atoms with E-state index in [0.717, 1.165) is 5.69 Å². The Hall–Kier alpha value is -1.88. The van der Waals surface area contributed by atoms with E-state index in [2.05, 4.69) is 5.10 Å². The van der Waals surface area contributed by atoms with Crippen molar-refractivity contribution in [1.82, 2.24) is 9.78 Å². The molecule has 0 saturated carbocycles. The van der Waals surface area contributed by atoms with Crippen molar-refractivity contribution in [2.45, 2.75) is 33.1 Å². The van der Waals surface area contributed by atoms with E-state index in [1.54, 1.807) is 12.1 Å². The van der Waals surface area contributed by atoms with Gasteiger partial charge in [-0.15, -0.1) is 0 Å². The van der Waals surface area contributed by atoms with Crippen molar-refractivity contribution in [3.8, 4) is 5.75 Å². The van der Waals surface area contributed by atoms with Crippen molar-refractivity contribution < 1.29 is 14.2 Å². The van der Waals surface area contributed by atoms with Crippen LogP contribution in [0.5, 0.6) is 5.75 Å². The van der Waals surface area contributed by atoms with E-state index < -0.39 is 5.82 Å². The molecule has 0 aliphatic carbocycles. The molecule has 0 aliphatic heterocycles.